The van der Waals surface area contributed by atoms with Gasteiger partial charge in [-0.1, -0.05) is 60.2 Å². The topological polar surface area (TPSA) is 47.3 Å². The van der Waals surface area contributed by atoms with Crippen LogP contribution in [0.5, 0.6) is 5.75 Å². The fourth-order valence-electron chi connectivity index (χ4n) is 3.18. The van der Waals surface area contributed by atoms with E-state index in [2.05, 4.69) is 0 Å². The number of para-hydroxylation sites is 2. The lowest BCUT2D eigenvalue weighted by atomic mass is 10.1. The van der Waals surface area contributed by atoms with Gasteiger partial charge >= 0.3 is 0 Å². The number of hydrogen-bond acceptors (Lipinski definition) is 3. The second kappa shape index (κ2) is 7.64. The zero-order chi connectivity index (χ0) is 18.6. The Kier molecular flexibility index (Phi) is 4.90. The van der Waals surface area contributed by atoms with Crippen molar-refractivity contribution in [3.63, 3.8) is 0 Å². The molecule has 0 saturated carbocycles. The van der Waals surface area contributed by atoms with Gasteiger partial charge in [0.2, 0.25) is 0 Å². The fourth-order valence-corrected chi connectivity index (χ4v) is 3.18. The molecular formula is C23H22N2O2. The lowest BCUT2D eigenvalue weighted by molar-refractivity contribution is 0.154. The van der Waals surface area contributed by atoms with Gasteiger partial charge < -0.3 is 14.4 Å². The number of aryl methyl sites for hydroxylation is 1. The number of aliphatic hydroxyl groups excluding tert-OH is 1. The molecule has 0 aliphatic carbocycles. The summed E-state index contributed by atoms with van der Waals surface area (Å²) < 4.78 is 7.98. The smallest absolute Gasteiger partial charge is 0.148 e. The van der Waals surface area contributed by atoms with Crippen LogP contribution in [0, 0.1) is 6.92 Å². The summed E-state index contributed by atoms with van der Waals surface area (Å²) in [4.78, 5) is 4.72. The molecule has 0 fully saturated rings. The van der Waals surface area contributed by atoms with Gasteiger partial charge in [-0.25, -0.2) is 4.98 Å². The normalized spacial score (nSPS) is 12.2. The Morgan fingerprint density at radius 2 is 1.63 bits per heavy atom. The average molecular weight is 358 g/mol. The van der Waals surface area contributed by atoms with Crippen molar-refractivity contribution in [3.8, 4) is 5.75 Å². The molecule has 0 amide bonds. The van der Waals surface area contributed by atoms with Crippen LogP contribution in [0.25, 0.3) is 11.0 Å². The van der Waals surface area contributed by atoms with Crippen LogP contribution in [0.1, 0.15) is 23.1 Å². The summed E-state index contributed by atoms with van der Waals surface area (Å²) >= 11 is 0. The van der Waals surface area contributed by atoms with E-state index in [4.69, 9.17) is 9.72 Å². The molecule has 27 heavy (non-hydrogen) atoms. The highest BCUT2D eigenvalue weighted by Gasteiger charge is 2.15. The maximum atomic E-state index is 10.7. The Labute approximate surface area is 158 Å². The van der Waals surface area contributed by atoms with Crippen LogP contribution in [-0.4, -0.2) is 14.7 Å². The molecule has 0 aliphatic heterocycles. The molecule has 1 heterocycles. The van der Waals surface area contributed by atoms with Crippen LogP contribution in [0.15, 0.2) is 78.9 Å². The van der Waals surface area contributed by atoms with E-state index in [9.17, 15) is 5.11 Å². The van der Waals surface area contributed by atoms with Gasteiger partial charge in [0.1, 0.15) is 18.2 Å². The first-order valence-electron chi connectivity index (χ1n) is 9.07. The van der Waals surface area contributed by atoms with E-state index < -0.39 is 6.10 Å². The third-order valence-corrected chi connectivity index (χ3v) is 4.66. The summed E-state index contributed by atoms with van der Waals surface area (Å²) in [6, 6.07) is 25.6. The van der Waals surface area contributed by atoms with Crippen molar-refractivity contribution < 1.29 is 9.84 Å². The summed E-state index contributed by atoms with van der Waals surface area (Å²) in [6.07, 6.45) is -0.609. The van der Waals surface area contributed by atoms with Gasteiger partial charge in [-0.2, -0.15) is 0 Å². The highest BCUT2D eigenvalue weighted by molar-refractivity contribution is 5.75. The minimum atomic E-state index is -0.609. The monoisotopic (exact) mass is 358 g/mol. The molecule has 1 aromatic heterocycles. The number of aromatic nitrogens is 2. The Balaban J connectivity index is 1.61. The zero-order valence-corrected chi connectivity index (χ0v) is 15.2. The van der Waals surface area contributed by atoms with Gasteiger partial charge in [0, 0.05) is 0 Å². The number of imidazole rings is 1. The highest BCUT2D eigenvalue weighted by Crippen LogP contribution is 2.22. The Hall–Kier alpha value is -3.11. The van der Waals surface area contributed by atoms with E-state index >= 15 is 0 Å². The van der Waals surface area contributed by atoms with Crippen molar-refractivity contribution in [2.24, 2.45) is 0 Å². The summed E-state index contributed by atoms with van der Waals surface area (Å²) in [5.41, 5.74) is 3.98. The molecule has 1 N–H and O–H groups in total. The first-order chi connectivity index (χ1) is 13.2. The van der Waals surface area contributed by atoms with Crippen molar-refractivity contribution in [2.75, 3.05) is 0 Å². The Morgan fingerprint density at radius 1 is 0.926 bits per heavy atom. The molecule has 0 radical (unpaired) electrons. The molecule has 1 unspecified atom stereocenters. The standard InChI is InChI=1S/C23H22N2O2/c1-17-11-13-19(14-12-17)27-16-23-24-20-9-5-6-10-21(20)25(23)15-22(26)18-7-3-2-4-8-18/h2-14,22,26H,15-16H2,1H3. The molecule has 3 aromatic carbocycles. The number of nitrogens with zero attached hydrogens (tertiary/aromatic N) is 2. The van der Waals surface area contributed by atoms with Crippen molar-refractivity contribution in [1.29, 1.82) is 0 Å². The van der Waals surface area contributed by atoms with Crippen LogP contribution < -0.4 is 4.74 Å². The van der Waals surface area contributed by atoms with E-state index in [0.29, 0.717) is 13.2 Å². The SMILES string of the molecule is Cc1ccc(OCc2nc3ccccc3n2CC(O)c2ccccc2)cc1. The van der Waals surface area contributed by atoms with Gasteiger partial charge in [0.25, 0.3) is 0 Å². The molecule has 4 nitrogen and oxygen atoms in total. The van der Waals surface area contributed by atoms with Gasteiger partial charge in [0.05, 0.1) is 23.7 Å². The minimum absolute atomic E-state index is 0.346. The molecule has 4 aromatic rings. The third-order valence-electron chi connectivity index (χ3n) is 4.66. The molecule has 4 rings (SSSR count). The first-order valence-corrected chi connectivity index (χ1v) is 9.07. The molecule has 4 heteroatoms. The molecule has 0 bridgehead atoms. The molecule has 136 valence electrons. The molecular weight excluding hydrogens is 336 g/mol. The van der Waals surface area contributed by atoms with Gasteiger partial charge in [-0.15, -0.1) is 0 Å². The summed E-state index contributed by atoms with van der Waals surface area (Å²) in [5.74, 6) is 1.61. The minimum Gasteiger partial charge on any atom is -0.486 e. The average Bonchev–Trinajstić information content (AvgIpc) is 3.06. The van der Waals surface area contributed by atoms with E-state index in [1.807, 2.05) is 90.4 Å². The van der Waals surface area contributed by atoms with Gasteiger partial charge in [0.15, 0.2) is 0 Å². The number of aliphatic hydroxyl groups is 1. The lowest BCUT2D eigenvalue weighted by Gasteiger charge is -2.15. The Bertz CT molecular complexity index is 1020. The maximum absolute atomic E-state index is 10.7. The Morgan fingerprint density at radius 3 is 2.41 bits per heavy atom. The van der Waals surface area contributed by atoms with Gasteiger partial charge in [-0.05, 0) is 36.8 Å². The quantitative estimate of drug-likeness (QED) is 0.545. The van der Waals surface area contributed by atoms with Crippen molar-refractivity contribution in [3.05, 3.63) is 95.8 Å². The van der Waals surface area contributed by atoms with Crippen LogP contribution in [0.4, 0.5) is 0 Å². The fraction of sp³-hybridized carbons (Fsp3) is 0.174. The van der Waals surface area contributed by atoms with Crippen LogP contribution in [0.3, 0.4) is 0 Å². The number of hydrogen-bond donors (Lipinski definition) is 1. The predicted molar refractivity (Wildman–Crippen MR) is 107 cm³/mol. The summed E-state index contributed by atoms with van der Waals surface area (Å²) in [5, 5.41) is 10.7. The van der Waals surface area contributed by atoms with E-state index in [0.717, 1.165) is 28.2 Å². The number of rotatable bonds is 6. The van der Waals surface area contributed by atoms with Crippen LogP contribution in [0.2, 0.25) is 0 Å². The van der Waals surface area contributed by atoms with Gasteiger partial charge in [-0.3, -0.25) is 0 Å². The van der Waals surface area contributed by atoms with Crippen molar-refractivity contribution in [2.45, 2.75) is 26.2 Å². The van der Waals surface area contributed by atoms with E-state index in [1.165, 1.54) is 5.56 Å². The van der Waals surface area contributed by atoms with Crippen LogP contribution >= 0.6 is 0 Å². The second-order valence-electron chi connectivity index (χ2n) is 6.66. The lowest BCUT2D eigenvalue weighted by Crippen LogP contribution is -2.13. The van der Waals surface area contributed by atoms with Crippen molar-refractivity contribution in [1.82, 2.24) is 9.55 Å². The van der Waals surface area contributed by atoms with Crippen molar-refractivity contribution >= 4 is 11.0 Å². The molecule has 1 atom stereocenters. The van der Waals surface area contributed by atoms with E-state index in [1.54, 1.807) is 0 Å². The summed E-state index contributed by atoms with van der Waals surface area (Å²) in [6.45, 7) is 2.82. The van der Waals surface area contributed by atoms with Crippen LogP contribution in [-0.2, 0) is 13.2 Å². The van der Waals surface area contributed by atoms with E-state index in [-0.39, 0.29) is 0 Å². The number of ether oxygens (including phenoxy) is 1. The number of benzene rings is 3. The highest BCUT2D eigenvalue weighted by atomic mass is 16.5. The number of fused-ring (bicyclic) bond motifs is 1. The zero-order valence-electron chi connectivity index (χ0n) is 15.2. The summed E-state index contributed by atoms with van der Waals surface area (Å²) in [7, 11) is 0. The molecule has 0 spiro atoms. The molecule has 0 saturated heterocycles. The second-order valence-corrected chi connectivity index (χ2v) is 6.66. The maximum Gasteiger partial charge on any atom is 0.148 e. The third kappa shape index (κ3) is 3.86. The predicted octanol–water partition coefficient (Wildman–Crippen LogP) is 4.66. The first kappa shape index (κ1) is 17.3. The largest absolute Gasteiger partial charge is 0.486 e. The molecule has 0 aliphatic rings.